The van der Waals surface area contributed by atoms with E-state index in [-0.39, 0.29) is 0 Å². The summed E-state index contributed by atoms with van der Waals surface area (Å²) in [6.45, 7) is 2.72. The molecule has 0 amide bonds. The average molecular weight is 176 g/mol. The van der Waals surface area contributed by atoms with Crippen molar-refractivity contribution in [1.29, 1.82) is 0 Å². The maximum atomic E-state index is 5.55. The fraction of sp³-hybridized carbons (Fsp3) is 1.00. The molecular formula is C7H16O3Si. The molecule has 0 saturated heterocycles. The van der Waals surface area contributed by atoms with Crippen molar-refractivity contribution < 1.29 is 13.3 Å². The van der Waals surface area contributed by atoms with Gasteiger partial charge >= 0.3 is 8.80 Å². The lowest BCUT2D eigenvalue weighted by atomic mass is 10.5. The van der Waals surface area contributed by atoms with E-state index in [2.05, 4.69) is 0 Å². The van der Waals surface area contributed by atoms with E-state index in [4.69, 9.17) is 13.3 Å². The van der Waals surface area contributed by atoms with Crippen LogP contribution in [0.3, 0.4) is 0 Å². The highest BCUT2D eigenvalue weighted by molar-refractivity contribution is 6.59. The summed E-state index contributed by atoms with van der Waals surface area (Å²) in [5.74, 6) is 0.770. The zero-order chi connectivity index (χ0) is 8.32. The zero-order valence-corrected chi connectivity index (χ0v) is 8.42. The van der Waals surface area contributed by atoms with Crippen molar-refractivity contribution >= 4 is 8.80 Å². The van der Waals surface area contributed by atoms with Crippen LogP contribution in [0.2, 0.25) is 6.55 Å². The number of hydrogen-bond donors (Lipinski definition) is 0. The Hall–Kier alpha value is 0.0969. The van der Waals surface area contributed by atoms with E-state index < -0.39 is 8.80 Å². The Morgan fingerprint density at radius 1 is 1.27 bits per heavy atom. The van der Waals surface area contributed by atoms with Crippen molar-refractivity contribution in [2.24, 2.45) is 5.92 Å². The Balaban J connectivity index is 2.18. The van der Waals surface area contributed by atoms with Gasteiger partial charge in [0.2, 0.25) is 0 Å². The quantitative estimate of drug-likeness (QED) is 0.590. The molecule has 0 radical (unpaired) electrons. The van der Waals surface area contributed by atoms with Gasteiger partial charge < -0.3 is 13.3 Å². The second-order valence-corrected chi connectivity index (χ2v) is 5.85. The van der Waals surface area contributed by atoms with Crippen LogP contribution in [0.5, 0.6) is 0 Å². The van der Waals surface area contributed by atoms with Crippen LogP contribution in [-0.2, 0) is 13.3 Å². The molecule has 0 atom stereocenters. The van der Waals surface area contributed by atoms with Crippen molar-refractivity contribution in [3.63, 3.8) is 0 Å². The Morgan fingerprint density at radius 2 is 1.82 bits per heavy atom. The molecule has 66 valence electrons. The first-order valence-electron chi connectivity index (χ1n) is 3.94. The Labute approximate surface area is 69.0 Å². The van der Waals surface area contributed by atoms with Gasteiger partial charge in [-0.15, -0.1) is 0 Å². The lowest BCUT2D eigenvalue weighted by molar-refractivity contribution is 0.101. The molecule has 3 nitrogen and oxygen atoms in total. The van der Waals surface area contributed by atoms with Gasteiger partial charge in [-0.25, -0.2) is 0 Å². The predicted octanol–water partition coefficient (Wildman–Crippen LogP) is 1.27. The zero-order valence-electron chi connectivity index (χ0n) is 7.42. The van der Waals surface area contributed by atoms with Gasteiger partial charge in [-0.1, -0.05) is 0 Å². The third kappa shape index (κ3) is 2.90. The van der Waals surface area contributed by atoms with Crippen molar-refractivity contribution in [2.45, 2.75) is 19.4 Å². The smallest absolute Gasteiger partial charge is 0.377 e. The van der Waals surface area contributed by atoms with E-state index in [1.165, 1.54) is 12.8 Å². The van der Waals surface area contributed by atoms with Crippen LogP contribution in [0.25, 0.3) is 0 Å². The third-order valence-corrected chi connectivity index (χ3v) is 4.19. The van der Waals surface area contributed by atoms with Crippen LogP contribution in [-0.4, -0.2) is 29.6 Å². The van der Waals surface area contributed by atoms with E-state index >= 15 is 0 Å². The fourth-order valence-electron chi connectivity index (χ4n) is 0.755. The third-order valence-electron chi connectivity index (χ3n) is 2.02. The van der Waals surface area contributed by atoms with E-state index in [1.54, 1.807) is 14.2 Å². The molecule has 1 aliphatic carbocycles. The monoisotopic (exact) mass is 176 g/mol. The first-order valence-corrected chi connectivity index (χ1v) is 6.17. The molecule has 0 aromatic rings. The minimum absolute atomic E-state index is 0.770. The molecule has 0 bridgehead atoms. The molecule has 1 aliphatic rings. The molecule has 0 N–H and O–H groups in total. The highest BCUT2D eigenvalue weighted by Crippen LogP contribution is 2.29. The van der Waals surface area contributed by atoms with E-state index in [0.717, 1.165) is 12.5 Å². The molecule has 1 saturated carbocycles. The molecule has 1 rings (SSSR count). The van der Waals surface area contributed by atoms with Gasteiger partial charge in [0, 0.05) is 27.4 Å². The second-order valence-electron chi connectivity index (χ2n) is 3.03. The SMILES string of the molecule is CO[Si](C)(OC)OCC1CC1. The van der Waals surface area contributed by atoms with Crippen LogP contribution in [0.1, 0.15) is 12.8 Å². The van der Waals surface area contributed by atoms with Gasteiger partial charge in [0.25, 0.3) is 0 Å². The van der Waals surface area contributed by atoms with Crippen LogP contribution >= 0.6 is 0 Å². The average Bonchev–Trinajstić information content (AvgIpc) is 2.83. The van der Waals surface area contributed by atoms with E-state index in [9.17, 15) is 0 Å². The minimum atomic E-state index is -2.22. The van der Waals surface area contributed by atoms with E-state index in [1.807, 2.05) is 6.55 Å². The van der Waals surface area contributed by atoms with Crippen molar-refractivity contribution in [1.82, 2.24) is 0 Å². The van der Waals surface area contributed by atoms with Crippen LogP contribution in [0.15, 0.2) is 0 Å². The molecule has 0 aromatic carbocycles. The first-order chi connectivity index (χ1) is 5.20. The first kappa shape index (κ1) is 9.19. The van der Waals surface area contributed by atoms with Crippen molar-refractivity contribution in [3.05, 3.63) is 0 Å². The van der Waals surface area contributed by atoms with Gasteiger partial charge in [0.05, 0.1) is 0 Å². The molecule has 0 unspecified atom stereocenters. The summed E-state index contributed by atoms with van der Waals surface area (Å²) in [6, 6.07) is 0. The summed E-state index contributed by atoms with van der Waals surface area (Å²) in [7, 11) is 1.06. The number of hydrogen-bond acceptors (Lipinski definition) is 3. The molecule has 4 heteroatoms. The molecular weight excluding hydrogens is 160 g/mol. The molecule has 0 heterocycles. The summed E-state index contributed by atoms with van der Waals surface area (Å²) in [6.07, 6.45) is 2.61. The van der Waals surface area contributed by atoms with Gasteiger partial charge in [0.1, 0.15) is 0 Å². The maximum absolute atomic E-state index is 5.55. The highest BCUT2D eigenvalue weighted by Gasteiger charge is 2.34. The van der Waals surface area contributed by atoms with Crippen molar-refractivity contribution in [3.8, 4) is 0 Å². The van der Waals surface area contributed by atoms with Gasteiger partial charge in [-0.05, 0) is 18.8 Å². The Morgan fingerprint density at radius 3 is 2.18 bits per heavy atom. The standard InChI is InChI=1S/C7H16O3Si/c1-8-11(3,9-2)10-6-7-4-5-7/h7H,4-6H2,1-3H3. The Kier molecular flexibility index (Phi) is 3.06. The summed E-state index contributed by atoms with van der Waals surface area (Å²) < 4.78 is 15.9. The molecule has 0 spiro atoms. The summed E-state index contributed by atoms with van der Waals surface area (Å²) in [5.41, 5.74) is 0. The maximum Gasteiger partial charge on any atom is 0.497 e. The normalized spacial score (nSPS) is 18.8. The Bertz CT molecular complexity index is 121. The van der Waals surface area contributed by atoms with Crippen LogP contribution < -0.4 is 0 Å². The minimum Gasteiger partial charge on any atom is -0.377 e. The van der Waals surface area contributed by atoms with Crippen LogP contribution in [0.4, 0.5) is 0 Å². The molecule has 0 aromatic heterocycles. The highest BCUT2D eigenvalue weighted by atomic mass is 28.4. The topological polar surface area (TPSA) is 27.7 Å². The molecule has 1 fully saturated rings. The summed E-state index contributed by atoms with van der Waals surface area (Å²) >= 11 is 0. The largest absolute Gasteiger partial charge is 0.497 e. The van der Waals surface area contributed by atoms with Crippen LogP contribution in [0, 0.1) is 5.92 Å². The fourth-order valence-corrected chi connectivity index (χ4v) is 1.70. The number of rotatable bonds is 5. The summed E-state index contributed by atoms with van der Waals surface area (Å²) in [5, 5.41) is 0. The van der Waals surface area contributed by atoms with Gasteiger partial charge in [0.15, 0.2) is 0 Å². The predicted molar refractivity (Wildman–Crippen MR) is 44.3 cm³/mol. The summed E-state index contributed by atoms with van der Waals surface area (Å²) in [4.78, 5) is 0. The van der Waals surface area contributed by atoms with Gasteiger partial charge in [-0.3, -0.25) is 0 Å². The lowest BCUT2D eigenvalue weighted by Crippen LogP contribution is -2.40. The van der Waals surface area contributed by atoms with Gasteiger partial charge in [-0.2, -0.15) is 0 Å². The molecule has 0 aliphatic heterocycles. The lowest BCUT2D eigenvalue weighted by Gasteiger charge is -2.21. The second kappa shape index (κ2) is 3.67. The molecule has 11 heavy (non-hydrogen) atoms. The van der Waals surface area contributed by atoms with Crippen molar-refractivity contribution in [2.75, 3.05) is 20.8 Å². The van der Waals surface area contributed by atoms with E-state index in [0.29, 0.717) is 0 Å².